The molecule has 0 bridgehead atoms. The molecule has 0 spiro atoms. The first kappa shape index (κ1) is 7.21. The Hall–Kier alpha value is -0.790. The van der Waals surface area contributed by atoms with Crippen LogP contribution in [0, 0.1) is 6.61 Å². The third-order valence-electron chi connectivity index (χ3n) is 0.584. The van der Waals surface area contributed by atoms with Gasteiger partial charge in [0.1, 0.15) is 0 Å². The Morgan fingerprint density at radius 3 is 2.88 bits per heavy atom. The fourth-order valence-electron chi connectivity index (χ4n) is 0.207. The van der Waals surface area contributed by atoms with E-state index in [1.165, 1.54) is 12.7 Å². The molecule has 0 aliphatic heterocycles. The molecule has 1 radical (unpaired) electrons. The van der Waals surface area contributed by atoms with Crippen LogP contribution in [0.15, 0.2) is 12.7 Å². The van der Waals surface area contributed by atoms with Crippen LogP contribution in [-0.2, 0) is 9.53 Å². The SMILES string of the molecule is C=C[CH]OC(=O)CC. The average Bonchev–Trinajstić information content (AvgIpc) is 1.83. The van der Waals surface area contributed by atoms with Gasteiger partial charge in [-0.1, -0.05) is 13.5 Å². The van der Waals surface area contributed by atoms with Crippen LogP contribution in [0.5, 0.6) is 0 Å². The molecule has 0 rings (SSSR count). The van der Waals surface area contributed by atoms with E-state index >= 15 is 0 Å². The highest BCUT2D eigenvalue weighted by Gasteiger charge is 1.92. The van der Waals surface area contributed by atoms with Gasteiger partial charge in [-0.3, -0.25) is 4.79 Å². The standard InChI is InChI=1S/C6H9O2/c1-3-5-8-6(7)4-2/h3,5H,1,4H2,2H3. The third kappa shape index (κ3) is 3.40. The van der Waals surface area contributed by atoms with Crippen LogP contribution in [0.4, 0.5) is 0 Å². The molecular weight excluding hydrogens is 104 g/mol. The molecule has 0 aliphatic rings. The number of carbonyl (C=O) groups excluding carboxylic acids is 1. The van der Waals surface area contributed by atoms with Crippen molar-refractivity contribution in [1.29, 1.82) is 0 Å². The monoisotopic (exact) mass is 113 g/mol. The predicted octanol–water partition coefficient (Wildman–Crippen LogP) is 1.29. The summed E-state index contributed by atoms with van der Waals surface area (Å²) in [6, 6.07) is 0. The van der Waals surface area contributed by atoms with Crippen molar-refractivity contribution in [2.75, 3.05) is 0 Å². The zero-order valence-corrected chi connectivity index (χ0v) is 4.89. The predicted molar refractivity (Wildman–Crippen MR) is 30.9 cm³/mol. The Morgan fingerprint density at radius 1 is 1.88 bits per heavy atom. The zero-order valence-electron chi connectivity index (χ0n) is 4.89. The molecule has 0 aliphatic carbocycles. The minimum Gasteiger partial charge on any atom is -0.454 e. The highest BCUT2D eigenvalue weighted by Crippen LogP contribution is 1.86. The van der Waals surface area contributed by atoms with Crippen LogP contribution in [-0.4, -0.2) is 5.97 Å². The Labute approximate surface area is 49.1 Å². The zero-order chi connectivity index (χ0) is 6.41. The number of hydrogen-bond acceptors (Lipinski definition) is 2. The first-order valence-corrected chi connectivity index (χ1v) is 2.45. The van der Waals surface area contributed by atoms with Crippen LogP contribution in [0.3, 0.4) is 0 Å². The minimum absolute atomic E-state index is 0.232. The fraction of sp³-hybridized carbons (Fsp3) is 0.333. The topological polar surface area (TPSA) is 26.3 Å². The van der Waals surface area contributed by atoms with Crippen molar-refractivity contribution in [1.82, 2.24) is 0 Å². The molecule has 0 saturated heterocycles. The molecule has 0 amide bonds. The van der Waals surface area contributed by atoms with Crippen molar-refractivity contribution in [2.24, 2.45) is 0 Å². The quantitative estimate of drug-likeness (QED) is 0.515. The normalized spacial score (nSPS) is 8.12. The molecule has 8 heavy (non-hydrogen) atoms. The van der Waals surface area contributed by atoms with Gasteiger partial charge < -0.3 is 4.74 Å². The van der Waals surface area contributed by atoms with Gasteiger partial charge in [0, 0.05) is 6.42 Å². The molecule has 0 aromatic heterocycles. The molecule has 2 nitrogen and oxygen atoms in total. The van der Waals surface area contributed by atoms with Crippen molar-refractivity contribution in [3.8, 4) is 0 Å². The lowest BCUT2D eigenvalue weighted by molar-refractivity contribution is -0.139. The van der Waals surface area contributed by atoms with E-state index in [9.17, 15) is 4.79 Å². The molecule has 0 heterocycles. The van der Waals surface area contributed by atoms with Crippen LogP contribution in [0.25, 0.3) is 0 Å². The number of rotatable bonds is 3. The van der Waals surface area contributed by atoms with Crippen molar-refractivity contribution in [3.63, 3.8) is 0 Å². The summed E-state index contributed by atoms with van der Waals surface area (Å²) < 4.78 is 4.46. The second-order valence-electron chi connectivity index (χ2n) is 1.22. The van der Waals surface area contributed by atoms with Gasteiger partial charge in [-0.05, 0) is 6.08 Å². The lowest BCUT2D eigenvalue weighted by atomic mass is 10.5. The van der Waals surface area contributed by atoms with E-state index in [2.05, 4.69) is 11.3 Å². The largest absolute Gasteiger partial charge is 0.454 e. The number of ether oxygens (including phenoxy) is 1. The van der Waals surface area contributed by atoms with Crippen LogP contribution in [0.2, 0.25) is 0 Å². The Morgan fingerprint density at radius 2 is 2.50 bits per heavy atom. The maximum atomic E-state index is 10.3. The maximum absolute atomic E-state index is 10.3. The van der Waals surface area contributed by atoms with Crippen molar-refractivity contribution >= 4 is 5.97 Å². The summed E-state index contributed by atoms with van der Waals surface area (Å²) in [5, 5.41) is 0. The van der Waals surface area contributed by atoms with E-state index < -0.39 is 0 Å². The van der Waals surface area contributed by atoms with E-state index in [0.29, 0.717) is 6.42 Å². The van der Waals surface area contributed by atoms with Gasteiger partial charge in [-0.25, -0.2) is 0 Å². The second-order valence-corrected chi connectivity index (χ2v) is 1.22. The lowest BCUT2D eigenvalue weighted by Crippen LogP contribution is -1.97. The summed E-state index contributed by atoms with van der Waals surface area (Å²) in [4.78, 5) is 10.3. The van der Waals surface area contributed by atoms with Gasteiger partial charge in [-0.2, -0.15) is 0 Å². The van der Waals surface area contributed by atoms with E-state index in [1.54, 1.807) is 6.92 Å². The number of carbonyl (C=O) groups is 1. The van der Waals surface area contributed by atoms with Crippen LogP contribution < -0.4 is 0 Å². The van der Waals surface area contributed by atoms with E-state index in [-0.39, 0.29) is 5.97 Å². The highest BCUT2D eigenvalue weighted by atomic mass is 16.5. The maximum Gasteiger partial charge on any atom is 0.306 e. The summed E-state index contributed by atoms with van der Waals surface area (Å²) in [7, 11) is 0. The minimum atomic E-state index is -0.232. The van der Waals surface area contributed by atoms with Gasteiger partial charge in [0.15, 0.2) is 6.61 Å². The molecule has 0 aromatic rings. The summed E-state index contributed by atoms with van der Waals surface area (Å²) in [6.07, 6.45) is 1.83. The van der Waals surface area contributed by atoms with Gasteiger partial charge in [-0.15, -0.1) is 0 Å². The molecule has 0 fully saturated rings. The van der Waals surface area contributed by atoms with E-state index in [1.807, 2.05) is 0 Å². The lowest BCUT2D eigenvalue weighted by Gasteiger charge is -1.93. The summed E-state index contributed by atoms with van der Waals surface area (Å²) in [5.74, 6) is -0.232. The molecule has 2 heteroatoms. The first-order valence-electron chi connectivity index (χ1n) is 2.45. The average molecular weight is 113 g/mol. The molecule has 45 valence electrons. The highest BCUT2D eigenvalue weighted by molar-refractivity contribution is 5.69. The Balaban J connectivity index is 3.11. The second kappa shape index (κ2) is 4.37. The summed E-state index contributed by atoms with van der Waals surface area (Å²) in [5.41, 5.74) is 0. The Bertz CT molecular complexity index is 86.5. The van der Waals surface area contributed by atoms with E-state index in [4.69, 9.17) is 0 Å². The molecule has 0 unspecified atom stereocenters. The van der Waals surface area contributed by atoms with Crippen LogP contribution >= 0.6 is 0 Å². The summed E-state index contributed by atoms with van der Waals surface area (Å²) >= 11 is 0. The third-order valence-corrected chi connectivity index (χ3v) is 0.584. The molecule has 0 N–H and O–H groups in total. The molecule has 0 atom stereocenters. The van der Waals surface area contributed by atoms with Crippen LogP contribution in [0.1, 0.15) is 13.3 Å². The van der Waals surface area contributed by atoms with Gasteiger partial charge in [0.2, 0.25) is 0 Å². The number of esters is 1. The van der Waals surface area contributed by atoms with Gasteiger partial charge >= 0.3 is 5.97 Å². The Kier molecular flexibility index (Phi) is 3.94. The fourth-order valence-corrected chi connectivity index (χ4v) is 0.207. The van der Waals surface area contributed by atoms with Crippen molar-refractivity contribution in [2.45, 2.75) is 13.3 Å². The van der Waals surface area contributed by atoms with Gasteiger partial charge in [0.25, 0.3) is 0 Å². The first-order chi connectivity index (χ1) is 3.81. The molecule has 0 saturated carbocycles. The van der Waals surface area contributed by atoms with Gasteiger partial charge in [0.05, 0.1) is 0 Å². The molecular formula is C6H9O2. The summed E-state index contributed by atoms with van der Waals surface area (Å²) in [6.45, 7) is 6.34. The number of hydrogen-bond donors (Lipinski definition) is 0. The van der Waals surface area contributed by atoms with Crippen molar-refractivity contribution < 1.29 is 9.53 Å². The smallest absolute Gasteiger partial charge is 0.306 e. The van der Waals surface area contributed by atoms with Crippen molar-refractivity contribution in [3.05, 3.63) is 19.3 Å². The van der Waals surface area contributed by atoms with E-state index in [0.717, 1.165) is 0 Å². The molecule has 0 aromatic carbocycles.